The van der Waals surface area contributed by atoms with Gasteiger partial charge in [0.1, 0.15) is 13.9 Å². The molecule has 1 aromatic heterocycles. The van der Waals surface area contributed by atoms with E-state index in [9.17, 15) is 5.48 Å². The summed E-state index contributed by atoms with van der Waals surface area (Å²) in [6, 6.07) is 50.7. The summed E-state index contributed by atoms with van der Waals surface area (Å²) < 4.78 is 97.2. The van der Waals surface area contributed by atoms with Crippen LogP contribution in [0.1, 0.15) is 119 Å². The first-order chi connectivity index (χ1) is 43.3. The predicted octanol–water partition coefficient (Wildman–Crippen LogP) is 17.5. The van der Waals surface area contributed by atoms with Gasteiger partial charge in [-0.15, -0.1) is 47.9 Å². The smallest absolute Gasteiger partial charge is 0.135 e. The average Bonchev–Trinajstić information content (AvgIpc) is 1.57. The summed E-state index contributed by atoms with van der Waals surface area (Å²) in [5, 5.41) is 5.05. The summed E-state index contributed by atoms with van der Waals surface area (Å²) >= 11 is 0. The molecule has 0 radical (unpaired) electrons. The second kappa shape index (κ2) is 20.5. The third-order valence-electron chi connectivity index (χ3n) is 16.4. The molecule has 0 saturated heterocycles. The number of nitrogens with zero attached hydrogens (tertiary/aromatic N) is 4. The van der Waals surface area contributed by atoms with E-state index in [1.807, 2.05) is 80.4 Å². The maximum atomic E-state index is 9.38. The molecule has 0 unspecified atom stereocenters. The molecular weight excluding hydrogens is 1210 g/mol. The van der Waals surface area contributed by atoms with Crippen molar-refractivity contribution >= 4 is 68.8 Å². The predicted molar refractivity (Wildman–Crippen MR) is 346 cm³/mol. The number of ether oxygens (including phenoxy) is 1. The Labute approximate surface area is 522 Å². The molecule has 0 fully saturated rings. The summed E-state index contributed by atoms with van der Waals surface area (Å²) in [6.45, 7) is 27.9. The number of hydrogen-bond donors (Lipinski definition) is 0. The van der Waals surface area contributed by atoms with E-state index in [1.54, 1.807) is 23.7 Å². The summed E-state index contributed by atoms with van der Waals surface area (Å²) in [5.41, 5.74) is 9.86. The van der Waals surface area contributed by atoms with Crippen molar-refractivity contribution in [2.45, 2.75) is 105 Å². The largest absolute Gasteiger partial charge is 0.509 e. The summed E-state index contributed by atoms with van der Waals surface area (Å²) in [5.74, 6) is 1.58. The fourth-order valence-corrected chi connectivity index (χ4v) is 17.5. The number of anilines is 7. The second-order valence-electron chi connectivity index (χ2n) is 25.9. The van der Waals surface area contributed by atoms with Crippen LogP contribution in [0.4, 0.5) is 39.9 Å². The van der Waals surface area contributed by atoms with Crippen molar-refractivity contribution in [3.63, 3.8) is 0 Å². The molecule has 1 spiro atoms. The standard InChI is InChI=1S/C76H71N4OSi.Pt/c1-73(2,3)52-34-37-67-61(42-52)62-43-53(74(4,5)6)35-38-68(62)82(67)69-33-22-21-32-65(69)80(71-46-54(40-41-77-71)75(7,8)9)66-48-58(36-39-70(66)82)81-57-29-23-28-56(47-57)78-49-79(64-31-20-19-30-63(64)78)72-59(50-24-15-13-16-25-50)44-55(76(10,11)12)45-60(72)51-26-17-14-18-27-51;/h13-46,49H,1-12H3;/q-3;/i13D,14D,15D,16D,17D,18D,24D,25D,26D,27D;. The van der Waals surface area contributed by atoms with E-state index >= 15 is 0 Å². The van der Waals surface area contributed by atoms with Crippen LogP contribution >= 0.6 is 0 Å². The monoisotopic (exact) mass is 1290 g/mol. The molecule has 418 valence electrons. The SMILES string of the molecule is [2H]c1c([2H])c([2H])c(-c2cc(C(C)(C)C)cc(-c3c([2H])c([2H])c([2H])c([2H])c3[2H])c2N2[CH-]N(c3[c-]c(Oc4[c-]c5c(cc4)[Si]4(c6ccc(C(C)(C)C)cc6-c6cc(C(C)(C)C)ccc64)c4ccccc4N5c4cc(C(C)(C)C)ccn4)ccc3)c3ccccc32)c([2H])c1[2H].[Pt]. The molecule has 0 atom stereocenters. The number of rotatable bonds is 7. The van der Waals surface area contributed by atoms with Gasteiger partial charge in [-0.2, -0.15) is 12.1 Å². The van der Waals surface area contributed by atoms with E-state index < -0.39 is 73.9 Å². The van der Waals surface area contributed by atoms with E-state index in [-0.39, 0.29) is 65.3 Å². The minimum atomic E-state index is -3.17. The molecule has 9 aromatic carbocycles. The van der Waals surface area contributed by atoms with Crippen molar-refractivity contribution in [2.24, 2.45) is 0 Å². The molecular formula is C76H71N4OPtSi-3. The number of fused-ring (bicyclic) bond motifs is 10. The van der Waals surface area contributed by atoms with Crippen molar-refractivity contribution in [1.82, 2.24) is 4.98 Å². The molecule has 0 aliphatic carbocycles. The van der Waals surface area contributed by atoms with E-state index in [0.717, 1.165) is 27.9 Å². The van der Waals surface area contributed by atoms with Gasteiger partial charge in [0.25, 0.3) is 0 Å². The zero-order valence-electron chi connectivity index (χ0n) is 58.9. The first-order valence-corrected chi connectivity index (χ1v) is 30.1. The molecule has 13 rings (SSSR count). The van der Waals surface area contributed by atoms with Crippen molar-refractivity contribution in [3.05, 3.63) is 247 Å². The van der Waals surface area contributed by atoms with Gasteiger partial charge in [0.2, 0.25) is 0 Å². The number of pyridine rings is 1. The Morgan fingerprint density at radius 2 is 0.952 bits per heavy atom. The van der Waals surface area contributed by atoms with Crippen molar-refractivity contribution in [3.8, 4) is 44.9 Å². The van der Waals surface area contributed by atoms with Gasteiger partial charge in [-0.25, -0.2) is 4.98 Å². The topological polar surface area (TPSA) is 31.8 Å². The first kappa shape index (κ1) is 44.8. The molecule has 0 N–H and O–H groups in total. The Bertz CT molecular complexity index is 4540. The molecule has 0 bridgehead atoms. The van der Waals surface area contributed by atoms with E-state index in [1.165, 1.54) is 37.8 Å². The van der Waals surface area contributed by atoms with Crippen LogP contribution in [0.25, 0.3) is 33.4 Å². The number of aromatic nitrogens is 1. The molecule has 0 amide bonds. The van der Waals surface area contributed by atoms with Gasteiger partial charge in [0.05, 0.1) is 13.7 Å². The Kier molecular flexibility index (Phi) is 11.1. The van der Waals surface area contributed by atoms with Gasteiger partial charge in [0.15, 0.2) is 0 Å². The van der Waals surface area contributed by atoms with Crippen LogP contribution in [0.2, 0.25) is 0 Å². The third-order valence-corrected chi connectivity index (χ3v) is 21.3. The zero-order valence-corrected chi connectivity index (χ0v) is 52.2. The number of benzene rings is 9. The van der Waals surface area contributed by atoms with Crippen LogP contribution in [-0.2, 0) is 42.7 Å². The Hall–Kier alpha value is -7.76. The molecule has 83 heavy (non-hydrogen) atoms. The van der Waals surface area contributed by atoms with Crippen LogP contribution in [0.3, 0.4) is 0 Å². The Morgan fingerprint density at radius 3 is 1.52 bits per heavy atom. The summed E-state index contributed by atoms with van der Waals surface area (Å²) in [6.07, 6.45) is 1.89. The molecule has 7 heteroatoms. The van der Waals surface area contributed by atoms with Crippen LogP contribution in [0.5, 0.6) is 11.5 Å². The van der Waals surface area contributed by atoms with Crippen LogP contribution in [0.15, 0.2) is 206 Å². The minimum absolute atomic E-state index is 0. The maximum absolute atomic E-state index is 9.38. The molecule has 3 aliphatic rings. The molecule has 5 nitrogen and oxygen atoms in total. The quantitative estimate of drug-likeness (QED) is 0.117. The number of para-hydroxylation sites is 3. The van der Waals surface area contributed by atoms with Crippen LogP contribution < -0.4 is 40.2 Å². The maximum Gasteiger partial charge on any atom is 0.135 e. The minimum Gasteiger partial charge on any atom is -0.509 e. The van der Waals surface area contributed by atoms with Gasteiger partial charge in [-0.3, -0.25) is 0 Å². The second-order valence-corrected chi connectivity index (χ2v) is 29.5. The van der Waals surface area contributed by atoms with E-state index in [0.29, 0.717) is 34.1 Å². The zero-order chi connectivity index (χ0) is 65.8. The van der Waals surface area contributed by atoms with Gasteiger partial charge < -0.3 is 19.4 Å². The fourth-order valence-electron chi connectivity index (χ4n) is 12.1. The molecule has 10 aromatic rings. The third kappa shape index (κ3) is 9.57. The van der Waals surface area contributed by atoms with Crippen molar-refractivity contribution < 1.29 is 39.5 Å². The van der Waals surface area contributed by atoms with Crippen molar-refractivity contribution in [1.29, 1.82) is 0 Å². The summed E-state index contributed by atoms with van der Waals surface area (Å²) in [4.78, 5) is 11.1. The average molecular weight is 1290 g/mol. The van der Waals surface area contributed by atoms with Gasteiger partial charge in [-0.05, 0) is 124 Å². The Balaban J connectivity index is 0.00000832. The van der Waals surface area contributed by atoms with Gasteiger partial charge in [0, 0.05) is 72.6 Å². The normalized spacial score (nSPS) is 15.8. The van der Waals surface area contributed by atoms with Crippen LogP contribution in [0, 0.1) is 18.8 Å². The van der Waals surface area contributed by atoms with E-state index in [4.69, 9.17) is 17.9 Å². The molecule has 4 heterocycles. The van der Waals surface area contributed by atoms with Gasteiger partial charge >= 0.3 is 0 Å². The Morgan fingerprint density at radius 1 is 0.458 bits per heavy atom. The molecule has 3 aliphatic heterocycles. The van der Waals surface area contributed by atoms with Crippen molar-refractivity contribution in [2.75, 3.05) is 14.7 Å². The van der Waals surface area contributed by atoms with E-state index in [2.05, 4.69) is 158 Å². The van der Waals surface area contributed by atoms with Gasteiger partial charge in [-0.1, -0.05) is 216 Å². The summed E-state index contributed by atoms with van der Waals surface area (Å²) in [7, 11) is -3.17. The number of hydrogen-bond acceptors (Lipinski definition) is 5. The fraction of sp³-hybridized carbons (Fsp3) is 0.211. The molecule has 0 saturated carbocycles. The first-order valence-electron chi connectivity index (χ1n) is 33.1. The van der Waals surface area contributed by atoms with Crippen LogP contribution in [-0.4, -0.2) is 13.1 Å².